The van der Waals surface area contributed by atoms with E-state index >= 15 is 0 Å². The lowest BCUT2D eigenvalue weighted by molar-refractivity contribution is -0.137. The average Bonchev–Trinajstić information content (AvgIpc) is 2.38. The van der Waals surface area contributed by atoms with E-state index < -0.39 is 11.7 Å². The number of halogens is 3. The monoisotopic (exact) mass is 278 g/mol. The summed E-state index contributed by atoms with van der Waals surface area (Å²) in [7, 11) is 0. The molecule has 2 nitrogen and oxygen atoms in total. The summed E-state index contributed by atoms with van der Waals surface area (Å²) >= 11 is 0. The van der Waals surface area contributed by atoms with Crippen LogP contribution in [0.25, 0.3) is 11.1 Å². The zero-order valence-corrected chi connectivity index (χ0v) is 10.5. The van der Waals surface area contributed by atoms with Crippen LogP contribution in [0.1, 0.15) is 11.1 Å². The molecule has 104 valence electrons. The lowest BCUT2D eigenvalue weighted by Gasteiger charge is -2.11. The lowest BCUT2D eigenvalue weighted by Crippen LogP contribution is -2.13. The number of hydrogen-bond acceptors (Lipinski definition) is 1. The van der Waals surface area contributed by atoms with Crippen LogP contribution in [0.2, 0.25) is 0 Å². The van der Waals surface area contributed by atoms with Crippen molar-refractivity contribution in [1.29, 1.82) is 5.41 Å². The maximum Gasteiger partial charge on any atom is 0.416 e. The Kier molecular flexibility index (Phi) is 3.79. The Morgan fingerprint density at radius 3 is 2.15 bits per heavy atom. The molecule has 0 fully saturated rings. The molecule has 0 spiro atoms. The highest BCUT2D eigenvalue weighted by Crippen LogP contribution is 2.31. The van der Waals surface area contributed by atoms with Gasteiger partial charge in [0.25, 0.3) is 0 Å². The van der Waals surface area contributed by atoms with Gasteiger partial charge in [-0.15, -0.1) is 0 Å². The molecule has 0 saturated heterocycles. The van der Waals surface area contributed by atoms with Gasteiger partial charge >= 0.3 is 6.18 Å². The fourth-order valence-corrected chi connectivity index (χ4v) is 2.00. The van der Waals surface area contributed by atoms with E-state index in [0.717, 1.165) is 23.3 Å². The highest BCUT2D eigenvalue weighted by molar-refractivity contribution is 5.82. The fraction of sp³-hybridized carbons (Fsp3) is 0.133. The van der Waals surface area contributed by atoms with E-state index in [1.807, 2.05) is 12.1 Å². The van der Waals surface area contributed by atoms with Crippen LogP contribution in [0, 0.1) is 5.41 Å². The Morgan fingerprint density at radius 1 is 1.00 bits per heavy atom. The third-order valence-corrected chi connectivity index (χ3v) is 2.92. The quantitative estimate of drug-likeness (QED) is 0.650. The third-order valence-electron chi connectivity index (χ3n) is 2.92. The van der Waals surface area contributed by atoms with Crippen molar-refractivity contribution in [3.05, 3.63) is 59.7 Å². The number of alkyl halides is 3. The topological polar surface area (TPSA) is 49.9 Å². The molecule has 0 aliphatic rings. The summed E-state index contributed by atoms with van der Waals surface area (Å²) in [6, 6.07) is 12.2. The highest BCUT2D eigenvalue weighted by atomic mass is 19.4. The molecule has 0 atom stereocenters. The minimum atomic E-state index is -4.34. The van der Waals surface area contributed by atoms with Gasteiger partial charge < -0.3 is 5.73 Å². The molecular formula is C15H13F3N2. The van der Waals surface area contributed by atoms with Gasteiger partial charge in [-0.25, -0.2) is 0 Å². The van der Waals surface area contributed by atoms with Gasteiger partial charge in [0.2, 0.25) is 0 Å². The first-order valence-corrected chi connectivity index (χ1v) is 5.96. The van der Waals surface area contributed by atoms with Crippen LogP contribution in [0.3, 0.4) is 0 Å². The molecule has 0 bridgehead atoms. The van der Waals surface area contributed by atoms with Crippen LogP contribution in [0.15, 0.2) is 48.5 Å². The summed E-state index contributed by atoms with van der Waals surface area (Å²) in [5.41, 5.74) is 6.99. The average molecular weight is 278 g/mol. The zero-order chi connectivity index (χ0) is 14.8. The normalized spacial score (nSPS) is 11.3. The Balaban J connectivity index is 2.39. The summed E-state index contributed by atoms with van der Waals surface area (Å²) in [6.07, 6.45) is -4.06. The molecule has 0 aliphatic heterocycles. The Hall–Kier alpha value is -2.30. The highest BCUT2D eigenvalue weighted by Gasteiger charge is 2.30. The Labute approximate surface area is 114 Å². The largest absolute Gasteiger partial charge is 0.416 e. The molecule has 0 amide bonds. The maximum atomic E-state index is 12.5. The van der Waals surface area contributed by atoms with E-state index in [4.69, 9.17) is 11.1 Å². The van der Waals surface area contributed by atoms with Crippen molar-refractivity contribution >= 4 is 5.84 Å². The summed E-state index contributed by atoms with van der Waals surface area (Å²) in [5.74, 6) is 0.0179. The van der Waals surface area contributed by atoms with Crippen molar-refractivity contribution in [2.24, 2.45) is 5.73 Å². The molecule has 2 rings (SSSR count). The van der Waals surface area contributed by atoms with Gasteiger partial charge in [-0.05, 0) is 28.8 Å². The van der Waals surface area contributed by atoms with Crippen LogP contribution < -0.4 is 5.73 Å². The van der Waals surface area contributed by atoms with E-state index in [9.17, 15) is 13.2 Å². The number of nitrogens with two attached hydrogens (primary N) is 1. The van der Waals surface area contributed by atoms with E-state index in [-0.39, 0.29) is 12.3 Å². The van der Waals surface area contributed by atoms with E-state index in [0.29, 0.717) is 5.56 Å². The molecule has 0 aliphatic carbocycles. The van der Waals surface area contributed by atoms with Crippen molar-refractivity contribution < 1.29 is 13.2 Å². The van der Waals surface area contributed by atoms with Crippen molar-refractivity contribution in [3.8, 4) is 11.1 Å². The fourth-order valence-electron chi connectivity index (χ4n) is 2.00. The maximum absolute atomic E-state index is 12.5. The first-order valence-electron chi connectivity index (χ1n) is 5.96. The van der Waals surface area contributed by atoms with E-state index in [1.54, 1.807) is 12.1 Å². The van der Waals surface area contributed by atoms with Gasteiger partial charge in [0.15, 0.2) is 0 Å². The molecule has 0 radical (unpaired) electrons. The Bertz CT molecular complexity index is 616. The number of benzene rings is 2. The molecule has 2 aromatic carbocycles. The van der Waals surface area contributed by atoms with Crippen molar-refractivity contribution in [1.82, 2.24) is 0 Å². The first kappa shape index (κ1) is 14.1. The van der Waals surface area contributed by atoms with Crippen molar-refractivity contribution in [2.75, 3.05) is 0 Å². The van der Waals surface area contributed by atoms with E-state index in [2.05, 4.69) is 0 Å². The van der Waals surface area contributed by atoms with Gasteiger partial charge in [0, 0.05) is 6.42 Å². The van der Waals surface area contributed by atoms with Crippen molar-refractivity contribution in [2.45, 2.75) is 12.6 Å². The third kappa shape index (κ3) is 3.17. The molecule has 5 heteroatoms. The van der Waals surface area contributed by atoms with Crippen LogP contribution in [0.4, 0.5) is 13.2 Å². The van der Waals surface area contributed by atoms with Crippen molar-refractivity contribution in [3.63, 3.8) is 0 Å². The van der Waals surface area contributed by atoms with Crippen LogP contribution in [-0.4, -0.2) is 5.84 Å². The summed E-state index contributed by atoms with van der Waals surface area (Å²) in [6.45, 7) is 0. The second-order valence-corrected chi connectivity index (χ2v) is 4.43. The molecule has 0 heterocycles. The van der Waals surface area contributed by atoms with Gasteiger partial charge in [-0.3, -0.25) is 5.41 Å². The molecule has 20 heavy (non-hydrogen) atoms. The van der Waals surface area contributed by atoms with Crippen LogP contribution in [0.5, 0.6) is 0 Å². The number of hydrogen-bond donors (Lipinski definition) is 2. The van der Waals surface area contributed by atoms with Gasteiger partial charge in [0.1, 0.15) is 0 Å². The molecular weight excluding hydrogens is 265 g/mol. The SMILES string of the molecule is N=C(N)Cc1ccccc1-c1ccc(C(F)(F)F)cc1. The predicted octanol–water partition coefficient (Wildman–Crippen LogP) is 3.85. The molecule has 0 unspecified atom stereocenters. The van der Waals surface area contributed by atoms with Gasteiger partial charge in [-0.1, -0.05) is 36.4 Å². The summed E-state index contributed by atoms with van der Waals surface area (Å²) in [5, 5.41) is 7.34. The number of rotatable bonds is 3. The molecule has 0 saturated carbocycles. The predicted molar refractivity (Wildman–Crippen MR) is 72.5 cm³/mol. The second-order valence-electron chi connectivity index (χ2n) is 4.43. The zero-order valence-electron chi connectivity index (χ0n) is 10.5. The molecule has 0 aromatic heterocycles. The summed E-state index contributed by atoms with van der Waals surface area (Å²) in [4.78, 5) is 0. The Morgan fingerprint density at radius 2 is 1.60 bits per heavy atom. The molecule has 2 aromatic rings. The number of amidine groups is 1. The molecule has 3 N–H and O–H groups in total. The number of nitrogens with one attached hydrogen (secondary N) is 1. The van der Waals surface area contributed by atoms with Crippen LogP contribution >= 0.6 is 0 Å². The van der Waals surface area contributed by atoms with Gasteiger partial charge in [-0.2, -0.15) is 13.2 Å². The first-order chi connectivity index (χ1) is 9.38. The standard InChI is InChI=1S/C15H13F3N2/c16-15(17,18)12-7-5-10(6-8-12)13-4-2-1-3-11(13)9-14(19)20/h1-8H,9H2,(H3,19,20). The van der Waals surface area contributed by atoms with Crippen LogP contribution in [-0.2, 0) is 12.6 Å². The smallest absolute Gasteiger partial charge is 0.387 e. The van der Waals surface area contributed by atoms with Gasteiger partial charge in [0.05, 0.1) is 11.4 Å². The van der Waals surface area contributed by atoms with E-state index in [1.165, 1.54) is 12.1 Å². The minimum Gasteiger partial charge on any atom is -0.387 e. The minimum absolute atomic E-state index is 0.0179. The lowest BCUT2D eigenvalue weighted by atomic mass is 9.96. The second kappa shape index (κ2) is 5.36. The summed E-state index contributed by atoms with van der Waals surface area (Å²) < 4.78 is 37.6.